The van der Waals surface area contributed by atoms with Gasteiger partial charge in [0.15, 0.2) is 0 Å². The minimum absolute atomic E-state index is 0.0782. The van der Waals surface area contributed by atoms with Crippen LogP contribution in [0.15, 0.2) is 0 Å². The van der Waals surface area contributed by atoms with Gasteiger partial charge in [-0.15, -0.1) is 0 Å². The maximum atomic E-state index is 13.1. The third-order valence-corrected chi connectivity index (χ3v) is 5.52. The average Bonchev–Trinajstić information content (AvgIpc) is 2.73. The second-order valence-electron chi connectivity index (χ2n) is 8.69. The number of carbonyl (C=O) groups is 1. The van der Waals surface area contributed by atoms with E-state index in [1.54, 1.807) is 0 Å². The molecular formula is C19H34BrNO3. The topological polar surface area (TPSA) is 38.8 Å². The first kappa shape index (κ1) is 20.2. The molecule has 1 aliphatic carbocycles. The smallest absolute Gasteiger partial charge is 0.324 e. The average molecular weight is 404 g/mol. The van der Waals surface area contributed by atoms with E-state index in [1.807, 2.05) is 20.8 Å². The number of esters is 1. The summed E-state index contributed by atoms with van der Waals surface area (Å²) in [6, 6.07) is -0.195. The standard InChI is InChI=1S/C19H34BrNO3/c1-18(2,3)24-17(22)16(14-9-7-6-8-10-14)21-13-15(11-12-20)23-19(21,4)5/h14-16H,6-13H2,1-5H3. The summed E-state index contributed by atoms with van der Waals surface area (Å²) >= 11 is 3.51. The van der Waals surface area contributed by atoms with E-state index in [2.05, 4.69) is 34.7 Å². The SMILES string of the molecule is CC(C)(C)OC(=O)C(C1CCCCC1)N1CC(CCBr)OC1(C)C. The molecule has 1 saturated carbocycles. The van der Waals surface area contributed by atoms with Gasteiger partial charge in [-0.1, -0.05) is 35.2 Å². The lowest BCUT2D eigenvalue weighted by molar-refractivity contribution is -0.173. The number of ether oxygens (including phenoxy) is 2. The highest BCUT2D eigenvalue weighted by Crippen LogP contribution is 2.38. The first-order valence-corrected chi connectivity index (χ1v) is 10.5. The lowest BCUT2D eigenvalue weighted by atomic mass is 9.82. The van der Waals surface area contributed by atoms with Crippen LogP contribution in [0.4, 0.5) is 0 Å². The zero-order valence-electron chi connectivity index (χ0n) is 15.9. The van der Waals surface area contributed by atoms with E-state index in [1.165, 1.54) is 19.3 Å². The summed E-state index contributed by atoms with van der Waals surface area (Å²) in [4.78, 5) is 15.3. The Morgan fingerprint density at radius 1 is 1.29 bits per heavy atom. The van der Waals surface area contributed by atoms with E-state index < -0.39 is 11.3 Å². The molecule has 4 nitrogen and oxygen atoms in total. The fourth-order valence-electron chi connectivity index (χ4n) is 4.06. The molecule has 0 N–H and O–H groups in total. The van der Waals surface area contributed by atoms with E-state index in [0.29, 0.717) is 5.92 Å². The van der Waals surface area contributed by atoms with Crippen molar-refractivity contribution in [2.45, 2.75) is 96.6 Å². The largest absolute Gasteiger partial charge is 0.459 e. The van der Waals surface area contributed by atoms with Gasteiger partial charge in [0, 0.05) is 11.9 Å². The lowest BCUT2D eigenvalue weighted by Gasteiger charge is -2.41. The van der Waals surface area contributed by atoms with Gasteiger partial charge in [-0.05, 0) is 59.8 Å². The molecule has 1 saturated heterocycles. The third kappa shape index (κ3) is 5.18. The first-order chi connectivity index (χ1) is 11.1. The monoisotopic (exact) mass is 403 g/mol. The van der Waals surface area contributed by atoms with Crippen molar-refractivity contribution < 1.29 is 14.3 Å². The zero-order chi connectivity index (χ0) is 18.0. The third-order valence-electron chi connectivity index (χ3n) is 5.06. The van der Waals surface area contributed by atoms with Crippen molar-refractivity contribution in [1.82, 2.24) is 4.90 Å². The molecule has 2 atom stereocenters. The Morgan fingerprint density at radius 3 is 2.46 bits per heavy atom. The first-order valence-electron chi connectivity index (χ1n) is 9.37. The minimum atomic E-state index is -0.454. The van der Waals surface area contributed by atoms with Crippen LogP contribution < -0.4 is 0 Å². The van der Waals surface area contributed by atoms with Crippen LogP contribution in [-0.2, 0) is 14.3 Å². The fourth-order valence-corrected chi connectivity index (χ4v) is 4.57. The Hall–Kier alpha value is -0.130. The Labute approximate surface area is 155 Å². The molecule has 5 heteroatoms. The van der Waals surface area contributed by atoms with Gasteiger partial charge in [0.25, 0.3) is 0 Å². The zero-order valence-corrected chi connectivity index (χ0v) is 17.5. The van der Waals surface area contributed by atoms with Crippen LogP contribution in [0.25, 0.3) is 0 Å². The molecule has 24 heavy (non-hydrogen) atoms. The number of rotatable bonds is 5. The molecule has 140 valence electrons. The molecule has 0 aromatic heterocycles. The van der Waals surface area contributed by atoms with Crippen molar-refractivity contribution in [3.8, 4) is 0 Å². The van der Waals surface area contributed by atoms with Crippen molar-refractivity contribution in [1.29, 1.82) is 0 Å². The van der Waals surface area contributed by atoms with E-state index in [0.717, 1.165) is 31.1 Å². The summed E-state index contributed by atoms with van der Waals surface area (Å²) in [7, 11) is 0. The highest BCUT2D eigenvalue weighted by Gasteiger charge is 2.48. The quantitative estimate of drug-likeness (QED) is 0.500. The van der Waals surface area contributed by atoms with Crippen molar-refractivity contribution in [2.75, 3.05) is 11.9 Å². The Bertz CT molecular complexity index is 427. The second kappa shape index (κ2) is 8.05. The normalized spacial score (nSPS) is 27.2. The second-order valence-corrected chi connectivity index (χ2v) is 9.49. The van der Waals surface area contributed by atoms with Crippen LogP contribution in [0, 0.1) is 5.92 Å². The Balaban J connectivity index is 2.22. The van der Waals surface area contributed by atoms with Crippen molar-refractivity contribution in [3.63, 3.8) is 0 Å². The maximum Gasteiger partial charge on any atom is 0.324 e. The number of hydrogen-bond acceptors (Lipinski definition) is 4. The maximum absolute atomic E-state index is 13.1. The number of alkyl halides is 1. The van der Waals surface area contributed by atoms with Gasteiger partial charge in [0.2, 0.25) is 0 Å². The van der Waals surface area contributed by atoms with Crippen molar-refractivity contribution in [2.24, 2.45) is 5.92 Å². The molecule has 0 radical (unpaired) electrons. The fraction of sp³-hybridized carbons (Fsp3) is 0.947. The molecule has 0 aromatic rings. The van der Waals surface area contributed by atoms with Gasteiger partial charge in [-0.2, -0.15) is 0 Å². The van der Waals surface area contributed by atoms with Crippen LogP contribution in [0.3, 0.4) is 0 Å². The molecule has 0 spiro atoms. The summed E-state index contributed by atoms with van der Waals surface area (Å²) in [5.41, 5.74) is -0.879. The van der Waals surface area contributed by atoms with E-state index >= 15 is 0 Å². The van der Waals surface area contributed by atoms with Crippen molar-refractivity contribution in [3.05, 3.63) is 0 Å². The summed E-state index contributed by atoms with van der Waals surface area (Å²) in [6.45, 7) is 10.8. The van der Waals surface area contributed by atoms with E-state index in [4.69, 9.17) is 9.47 Å². The minimum Gasteiger partial charge on any atom is -0.459 e. The van der Waals surface area contributed by atoms with E-state index in [-0.39, 0.29) is 18.1 Å². The lowest BCUT2D eigenvalue weighted by Crippen LogP contribution is -2.55. The summed E-state index contributed by atoms with van der Waals surface area (Å²) in [5.74, 6) is 0.296. The molecule has 2 aliphatic rings. The summed E-state index contributed by atoms with van der Waals surface area (Å²) in [6.07, 6.45) is 7.07. The number of halogens is 1. The molecule has 0 bridgehead atoms. The van der Waals surface area contributed by atoms with Gasteiger partial charge in [-0.3, -0.25) is 9.69 Å². The van der Waals surface area contributed by atoms with Crippen molar-refractivity contribution >= 4 is 21.9 Å². The van der Waals surface area contributed by atoms with Gasteiger partial charge >= 0.3 is 5.97 Å². The summed E-state index contributed by atoms with van der Waals surface area (Å²) in [5, 5.41) is 0.919. The highest BCUT2D eigenvalue weighted by molar-refractivity contribution is 9.09. The van der Waals surface area contributed by atoms with Crippen LogP contribution in [-0.4, -0.2) is 46.2 Å². The molecule has 0 aromatic carbocycles. The molecule has 2 fully saturated rings. The Kier molecular flexibility index (Phi) is 6.77. The molecular weight excluding hydrogens is 370 g/mol. The van der Waals surface area contributed by atoms with E-state index in [9.17, 15) is 4.79 Å². The number of hydrogen-bond donors (Lipinski definition) is 0. The predicted molar refractivity (Wildman–Crippen MR) is 100 cm³/mol. The predicted octanol–water partition coefficient (Wildman–Crippen LogP) is 4.50. The van der Waals surface area contributed by atoms with Gasteiger partial charge < -0.3 is 9.47 Å². The molecule has 2 rings (SSSR count). The van der Waals surface area contributed by atoms with Crippen LogP contribution >= 0.6 is 15.9 Å². The Morgan fingerprint density at radius 2 is 1.92 bits per heavy atom. The van der Waals surface area contributed by atoms with Crippen LogP contribution in [0.1, 0.15) is 73.1 Å². The van der Waals surface area contributed by atoms with Gasteiger partial charge in [-0.25, -0.2) is 0 Å². The molecule has 1 heterocycles. The van der Waals surface area contributed by atoms with Crippen LogP contribution in [0.2, 0.25) is 0 Å². The molecule has 0 amide bonds. The van der Waals surface area contributed by atoms with Crippen LogP contribution in [0.5, 0.6) is 0 Å². The van der Waals surface area contributed by atoms with Gasteiger partial charge in [0.1, 0.15) is 17.4 Å². The molecule has 1 aliphatic heterocycles. The molecule has 2 unspecified atom stereocenters. The summed E-state index contributed by atoms with van der Waals surface area (Å²) < 4.78 is 12.1. The highest BCUT2D eigenvalue weighted by atomic mass is 79.9. The number of nitrogens with zero attached hydrogens (tertiary/aromatic N) is 1. The van der Waals surface area contributed by atoms with Gasteiger partial charge in [0.05, 0.1) is 6.10 Å². The number of carbonyl (C=O) groups excluding carboxylic acids is 1.